The third kappa shape index (κ3) is 2.27. The third-order valence-electron chi connectivity index (χ3n) is 2.21. The Kier molecular flexibility index (Phi) is 3.00. The van der Waals surface area contributed by atoms with Gasteiger partial charge in [0.25, 0.3) is 0 Å². The Morgan fingerprint density at radius 1 is 1.50 bits per heavy atom. The fraction of sp³-hybridized carbons (Fsp3) is 0.333. The van der Waals surface area contributed by atoms with Gasteiger partial charge in [-0.05, 0) is 11.6 Å². The van der Waals surface area contributed by atoms with Crippen LogP contribution in [0.2, 0.25) is 5.28 Å². The van der Waals surface area contributed by atoms with Crippen LogP contribution in [0, 0.1) is 0 Å². The molecule has 0 aliphatic heterocycles. The largest absolute Gasteiger partial charge is 0.351 e. The minimum Gasteiger partial charge on any atom is -0.351 e. The molecule has 0 saturated carbocycles. The van der Waals surface area contributed by atoms with E-state index in [0.29, 0.717) is 12.4 Å². The first-order valence-corrected chi connectivity index (χ1v) is 5.07. The highest BCUT2D eigenvalue weighted by Crippen LogP contribution is 2.11. The van der Waals surface area contributed by atoms with E-state index >= 15 is 0 Å². The summed E-state index contributed by atoms with van der Waals surface area (Å²) in [6.07, 6.45) is 5.22. The molecule has 0 fully saturated rings. The quantitative estimate of drug-likeness (QED) is 0.795. The molecule has 16 heavy (non-hydrogen) atoms. The Labute approximate surface area is 97.9 Å². The van der Waals surface area contributed by atoms with Crippen molar-refractivity contribution in [3.63, 3.8) is 0 Å². The van der Waals surface area contributed by atoms with Gasteiger partial charge in [0, 0.05) is 26.5 Å². The van der Waals surface area contributed by atoms with E-state index in [0.717, 1.165) is 5.82 Å². The maximum atomic E-state index is 5.67. The van der Waals surface area contributed by atoms with Gasteiger partial charge in [-0.25, -0.2) is 4.98 Å². The molecule has 0 atom stereocenters. The number of hydrogen-bond acceptors (Lipinski definition) is 5. The van der Waals surface area contributed by atoms with Crippen LogP contribution in [0.4, 0.5) is 5.82 Å². The smallest absolute Gasteiger partial charge is 0.244 e. The second-order valence-electron chi connectivity index (χ2n) is 3.39. The van der Waals surface area contributed by atoms with E-state index in [2.05, 4.69) is 20.2 Å². The minimum atomic E-state index is 0.143. The van der Waals surface area contributed by atoms with Crippen LogP contribution in [0.1, 0.15) is 5.82 Å². The standard InChI is InChI=1S/C9H11ClN6/c1-15-4-3-11-8(15)6-16(2)7-5-12-14-9(10)13-7/h3-5H,6H2,1-2H3. The lowest BCUT2D eigenvalue weighted by molar-refractivity contribution is 0.750. The predicted octanol–water partition coefficient (Wildman–Crippen LogP) is 0.895. The molecule has 0 aliphatic carbocycles. The lowest BCUT2D eigenvalue weighted by Crippen LogP contribution is -2.20. The lowest BCUT2D eigenvalue weighted by atomic mass is 10.5. The molecule has 0 bridgehead atoms. The number of hydrogen-bond donors (Lipinski definition) is 0. The van der Waals surface area contributed by atoms with E-state index < -0.39 is 0 Å². The summed E-state index contributed by atoms with van der Waals surface area (Å²) in [7, 11) is 3.84. The molecule has 6 nitrogen and oxygen atoms in total. The number of halogens is 1. The Bertz CT molecular complexity index is 482. The van der Waals surface area contributed by atoms with Gasteiger partial charge < -0.3 is 9.47 Å². The van der Waals surface area contributed by atoms with Crippen LogP contribution in [0.5, 0.6) is 0 Å². The summed E-state index contributed by atoms with van der Waals surface area (Å²) in [5.41, 5.74) is 0. The Morgan fingerprint density at radius 3 is 2.94 bits per heavy atom. The van der Waals surface area contributed by atoms with E-state index in [1.54, 1.807) is 12.4 Å². The summed E-state index contributed by atoms with van der Waals surface area (Å²) in [6, 6.07) is 0. The molecule has 2 aromatic rings. The van der Waals surface area contributed by atoms with Crippen LogP contribution in [-0.4, -0.2) is 31.8 Å². The van der Waals surface area contributed by atoms with Gasteiger partial charge in [-0.1, -0.05) is 0 Å². The summed E-state index contributed by atoms with van der Waals surface area (Å²) in [5, 5.41) is 7.48. The zero-order chi connectivity index (χ0) is 11.5. The first kappa shape index (κ1) is 10.8. The van der Waals surface area contributed by atoms with Crippen LogP contribution in [0.25, 0.3) is 0 Å². The van der Waals surface area contributed by atoms with Crippen molar-refractivity contribution >= 4 is 17.4 Å². The molecular weight excluding hydrogens is 228 g/mol. The van der Waals surface area contributed by atoms with Crippen LogP contribution in [-0.2, 0) is 13.6 Å². The van der Waals surface area contributed by atoms with E-state index in [1.807, 2.05) is 29.8 Å². The zero-order valence-corrected chi connectivity index (χ0v) is 9.76. The predicted molar refractivity (Wildman–Crippen MR) is 60.2 cm³/mol. The highest BCUT2D eigenvalue weighted by Gasteiger charge is 2.07. The average Bonchev–Trinajstić information content (AvgIpc) is 2.64. The molecule has 0 radical (unpaired) electrons. The van der Waals surface area contributed by atoms with E-state index in [-0.39, 0.29) is 5.28 Å². The highest BCUT2D eigenvalue weighted by molar-refractivity contribution is 6.28. The van der Waals surface area contributed by atoms with Crippen molar-refractivity contribution in [3.8, 4) is 0 Å². The second-order valence-corrected chi connectivity index (χ2v) is 3.73. The van der Waals surface area contributed by atoms with Gasteiger partial charge in [0.05, 0.1) is 12.7 Å². The van der Waals surface area contributed by atoms with Crippen molar-refractivity contribution in [3.05, 3.63) is 29.7 Å². The van der Waals surface area contributed by atoms with Crippen LogP contribution < -0.4 is 4.90 Å². The average molecular weight is 239 g/mol. The summed E-state index contributed by atoms with van der Waals surface area (Å²) in [6.45, 7) is 0.637. The fourth-order valence-corrected chi connectivity index (χ4v) is 1.43. The molecule has 0 amide bonds. The Hall–Kier alpha value is -1.69. The Morgan fingerprint density at radius 2 is 2.31 bits per heavy atom. The SMILES string of the molecule is CN(Cc1nccn1C)c1cnnc(Cl)n1. The van der Waals surface area contributed by atoms with Crippen molar-refractivity contribution in [2.45, 2.75) is 6.54 Å². The molecule has 84 valence electrons. The van der Waals surface area contributed by atoms with Gasteiger partial charge in [-0.15, -0.1) is 5.10 Å². The maximum absolute atomic E-state index is 5.67. The molecule has 2 heterocycles. The first-order chi connectivity index (χ1) is 7.66. The number of aromatic nitrogens is 5. The molecule has 0 aliphatic rings. The van der Waals surface area contributed by atoms with Gasteiger partial charge in [0.15, 0.2) is 5.82 Å². The van der Waals surface area contributed by atoms with Crippen molar-refractivity contribution < 1.29 is 0 Å². The number of aryl methyl sites for hydroxylation is 1. The van der Waals surface area contributed by atoms with Crippen LogP contribution >= 0.6 is 11.6 Å². The van der Waals surface area contributed by atoms with Crippen molar-refractivity contribution in [1.82, 2.24) is 24.7 Å². The minimum absolute atomic E-state index is 0.143. The van der Waals surface area contributed by atoms with Gasteiger partial charge in [-0.2, -0.15) is 10.1 Å². The molecular formula is C9H11ClN6. The molecule has 0 N–H and O–H groups in total. The van der Waals surface area contributed by atoms with Crippen molar-refractivity contribution in [1.29, 1.82) is 0 Å². The maximum Gasteiger partial charge on any atom is 0.244 e. The first-order valence-electron chi connectivity index (χ1n) is 4.69. The van der Waals surface area contributed by atoms with Crippen molar-refractivity contribution in [2.24, 2.45) is 7.05 Å². The second kappa shape index (κ2) is 4.44. The number of rotatable bonds is 3. The van der Waals surface area contributed by atoms with Gasteiger partial charge in [0.2, 0.25) is 5.28 Å². The highest BCUT2D eigenvalue weighted by atomic mass is 35.5. The summed E-state index contributed by atoms with van der Waals surface area (Å²) in [5.74, 6) is 1.61. The molecule has 0 saturated heterocycles. The summed E-state index contributed by atoms with van der Waals surface area (Å²) >= 11 is 5.67. The van der Waals surface area contributed by atoms with Crippen LogP contribution in [0.15, 0.2) is 18.6 Å². The molecule has 0 unspecified atom stereocenters. The topological polar surface area (TPSA) is 59.7 Å². The Balaban J connectivity index is 2.14. The monoisotopic (exact) mass is 238 g/mol. The number of imidazole rings is 1. The normalized spacial score (nSPS) is 10.4. The van der Waals surface area contributed by atoms with Gasteiger partial charge in [-0.3, -0.25) is 0 Å². The number of nitrogens with zero attached hydrogens (tertiary/aromatic N) is 6. The summed E-state index contributed by atoms with van der Waals surface area (Å²) < 4.78 is 1.95. The van der Waals surface area contributed by atoms with Gasteiger partial charge in [0.1, 0.15) is 5.82 Å². The van der Waals surface area contributed by atoms with Crippen LogP contribution in [0.3, 0.4) is 0 Å². The zero-order valence-electron chi connectivity index (χ0n) is 9.00. The number of anilines is 1. The molecule has 2 aromatic heterocycles. The molecule has 0 spiro atoms. The van der Waals surface area contributed by atoms with E-state index in [9.17, 15) is 0 Å². The van der Waals surface area contributed by atoms with E-state index in [1.165, 1.54) is 0 Å². The molecule has 2 rings (SSSR count). The van der Waals surface area contributed by atoms with E-state index in [4.69, 9.17) is 11.6 Å². The fourth-order valence-electron chi connectivity index (χ4n) is 1.30. The van der Waals surface area contributed by atoms with Gasteiger partial charge >= 0.3 is 0 Å². The third-order valence-corrected chi connectivity index (χ3v) is 2.37. The van der Waals surface area contributed by atoms with Crippen molar-refractivity contribution in [2.75, 3.05) is 11.9 Å². The molecule has 7 heteroatoms. The molecule has 0 aromatic carbocycles. The lowest BCUT2D eigenvalue weighted by Gasteiger charge is -2.16. The summed E-state index contributed by atoms with van der Waals surface area (Å²) in [4.78, 5) is 10.2.